The molecule has 1 aromatic rings. The van der Waals surface area contributed by atoms with Crippen LogP contribution in [0.2, 0.25) is 0 Å². The van der Waals surface area contributed by atoms with E-state index >= 15 is 0 Å². The van der Waals surface area contributed by atoms with Crippen molar-refractivity contribution in [2.75, 3.05) is 13.1 Å². The Morgan fingerprint density at radius 3 is 2.48 bits per heavy atom. The van der Waals surface area contributed by atoms with E-state index in [1.807, 2.05) is 32.9 Å². The van der Waals surface area contributed by atoms with Crippen LogP contribution in [0.4, 0.5) is 4.79 Å². The van der Waals surface area contributed by atoms with E-state index in [2.05, 4.69) is 10.6 Å². The number of rotatable bonds is 4. The zero-order valence-electron chi connectivity index (χ0n) is 12.9. The third-order valence-corrected chi connectivity index (χ3v) is 3.66. The Morgan fingerprint density at radius 2 is 2.00 bits per heavy atom. The molecule has 2 rings (SSSR count). The van der Waals surface area contributed by atoms with Crippen molar-refractivity contribution in [3.8, 4) is 5.75 Å². The van der Waals surface area contributed by atoms with Gasteiger partial charge in [0.15, 0.2) is 0 Å². The summed E-state index contributed by atoms with van der Waals surface area (Å²) in [5.41, 5.74) is 0.549. The molecular formula is C16H24N2O3. The first-order valence-electron chi connectivity index (χ1n) is 7.32. The highest BCUT2D eigenvalue weighted by atomic mass is 16.6. The summed E-state index contributed by atoms with van der Waals surface area (Å²) < 4.78 is 5.22. The average Bonchev–Trinajstić information content (AvgIpc) is 2.32. The number of hydrogen-bond acceptors (Lipinski definition) is 4. The molecule has 1 fully saturated rings. The summed E-state index contributed by atoms with van der Waals surface area (Å²) in [6.07, 6.45) is 1.42. The highest BCUT2D eigenvalue weighted by molar-refractivity contribution is 5.67. The van der Waals surface area contributed by atoms with Gasteiger partial charge in [-0.2, -0.15) is 0 Å². The molecular weight excluding hydrogens is 268 g/mol. The SMILES string of the molecule is CC(C)(C)OC(=O)NCCC1(c2ccc(O)cc2)CCN1. The number of carbonyl (C=O) groups excluding carboxylic acids is 1. The van der Waals surface area contributed by atoms with Crippen molar-refractivity contribution in [3.05, 3.63) is 29.8 Å². The van der Waals surface area contributed by atoms with Gasteiger partial charge in [-0.1, -0.05) is 12.1 Å². The van der Waals surface area contributed by atoms with Gasteiger partial charge in [0.25, 0.3) is 0 Å². The lowest BCUT2D eigenvalue weighted by Gasteiger charge is -2.44. The number of aromatic hydroxyl groups is 1. The molecule has 5 heteroatoms. The normalized spacial score (nSPS) is 21.5. The van der Waals surface area contributed by atoms with E-state index in [1.54, 1.807) is 12.1 Å². The summed E-state index contributed by atoms with van der Waals surface area (Å²) in [6.45, 7) is 7.05. The fraction of sp³-hybridized carbons (Fsp3) is 0.562. The Bertz CT molecular complexity index is 487. The van der Waals surface area contributed by atoms with E-state index in [-0.39, 0.29) is 17.4 Å². The molecule has 116 valence electrons. The van der Waals surface area contributed by atoms with Gasteiger partial charge in [-0.25, -0.2) is 4.79 Å². The summed E-state index contributed by atoms with van der Waals surface area (Å²) in [5.74, 6) is 0.264. The molecule has 1 unspecified atom stereocenters. The molecule has 1 aliphatic rings. The number of carbonyl (C=O) groups is 1. The molecule has 1 amide bonds. The molecule has 1 heterocycles. The van der Waals surface area contributed by atoms with Crippen molar-refractivity contribution < 1.29 is 14.6 Å². The number of phenolic OH excluding ortho intramolecular Hbond substituents is 1. The van der Waals surface area contributed by atoms with Gasteiger partial charge in [-0.3, -0.25) is 0 Å². The van der Waals surface area contributed by atoms with Gasteiger partial charge in [-0.15, -0.1) is 0 Å². The number of phenols is 1. The van der Waals surface area contributed by atoms with Gasteiger partial charge < -0.3 is 20.5 Å². The number of nitrogens with one attached hydrogen (secondary N) is 2. The van der Waals surface area contributed by atoms with Gasteiger partial charge in [0.05, 0.1) is 0 Å². The van der Waals surface area contributed by atoms with Gasteiger partial charge in [0.1, 0.15) is 11.4 Å². The van der Waals surface area contributed by atoms with Crippen LogP contribution in [0.5, 0.6) is 5.75 Å². The van der Waals surface area contributed by atoms with Crippen LogP contribution in [0.1, 0.15) is 39.2 Å². The third kappa shape index (κ3) is 4.11. The molecule has 0 spiro atoms. The van der Waals surface area contributed by atoms with E-state index in [0.717, 1.165) is 24.9 Å². The largest absolute Gasteiger partial charge is 0.508 e. The van der Waals surface area contributed by atoms with Crippen LogP contribution in [-0.2, 0) is 10.3 Å². The molecule has 0 saturated carbocycles. The second kappa shape index (κ2) is 5.93. The summed E-state index contributed by atoms with van der Waals surface area (Å²) >= 11 is 0. The smallest absolute Gasteiger partial charge is 0.407 e. The Kier molecular flexibility index (Phi) is 4.42. The minimum Gasteiger partial charge on any atom is -0.508 e. The highest BCUT2D eigenvalue weighted by Gasteiger charge is 2.37. The van der Waals surface area contributed by atoms with Crippen molar-refractivity contribution in [1.82, 2.24) is 10.6 Å². The Balaban J connectivity index is 1.88. The van der Waals surface area contributed by atoms with Gasteiger partial charge in [-0.05, 0) is 57.9 Å². The molecule has 1 atom stereocenters. The van der Waals surface area contributed by atoms with Crippen molar-refractivity contribution >= 4 is 6.09 Å². The number of benzene rings is 1. The first kappa shape index (κ1) is 15.6. The van der Waals surface area contributed by atoms with Crippen LogP contribution in [0, 0.1) is 0 Å². The van der Waals surface area contributed by atoms with Crippen LogP contribution in [0.3, 0.4) is 0 Å². The lowest BCUT2D eigenvalue weighted by atomic mass is 9.78. The second-order valence-electron chi connectivity index (χ2n) is 6.48. The first-order chi connectivity index (χ1) is 9.81. The maximum absolute atomic E-state index is 11.6. The predicted octanol–water partition coefficient (Wildman–Crippen LogP) is 2.50. The van der Waals surface area contributed by atoms with E-state index in [1.165, 1.54) is 0 Å². The van der Waals surface area contributed by atoms with Crippen molar-refractivity contribution in [3.63, 3.8) is 0 Å². The summed E-state index contributed by atoms with van der Waals surface area (Å²) in [7, 11) is 0. The fourth-order valence-electron chi connectivity index (χ4n) is 2.50. The summed E-state index contributed by atoms with van der Waals surface area (Å²) in [6, 6.07) is 7.24. The molecule has 0 aliphatic carbocycles. The lowest BCUT2D eigenvalue weighted by Crippen LogP contribution is -2.55. The van der Waals surface area contributed by atoms with E-state index < -0.39 is 5.60 Å². The summed E-state index contributed by atoms with van der Waals surface area (Å²) in [5, 5.41) is 15.6. The maximum Gasteiger partial charge on any atom is 0.407 e. The Morgan fingerprint density at radius 1 is 1.38 bits per heavy atom. The quantitative estimate of drug-likeness (QED) is 0.797. The molecule has 1 aromatic carbocycles. The molecule has 0 bridgehead atoms. The van der Waals surface area contributed by atoms with E-state index in [9.17, 15) is 9.90 Å². The minimum absolute atomic E-state index is 0.108. The summed E-state index contributed by atoms with van der Waals surface area (Å²) in [4.78, 5) is 11.6. The van der Waals surface area contributed by atoms with Crippen molar-refractivity contribution in [1.29, 1.82) is 0 Å². The van der Waals surface area contributed by atoms with Crippen molar-refractivity contribution in [2.45, 2.75) is 44.8 Å². The molecule has 1 aliphatic heterocycles. The monoisotopic (exact) mass is 292 g/mol. The van der Waals surface area contributed by atoms with Gasteiger partial charge in [0, 0.05) is 12.1 Å². The number of amides is 1. The van der Waals surface area contributed by atoms with E-state index in [0.29, 0.717) is 6.54 Å². The Hall–Kier alpha value is -1.75. The van der Waals surface area contributed by atoms with Gasteiger partial charge >= 0.3 is 6.09 Å². The fourth-order valence-corrected chi connectivity index (χ4v) is 2.50. The molecule has 1 saturated heterocycles. The second-order valence-corrected chi connectivity index (χ2v) is 6.48. The number of ether oxygens (including phenoxy) is 1. The molecule has 5 nitrogen and oxygen atoms in total. The first-order valence-corrected chi connectivity index (χ1v) is 7.32. The standard InChI is InChI=1S/C16H24N2O3/c1-15(2,3)21-14(20)17-10-8-16(9-11-18-16)12-4-6-13(19)7-5-12/h4-7,18-19H,8-11H2,1-3H3,(H,17,20). The molecule has 0 radical (unpaired) electrons. The number of alkyl carbamates (subject to hydrolysis) is 1. The van der Waals surface area contributed by atoms with Crippen molar-refractivity contribution in [2.24, 2.45) is 0 Å². The third-order valence-electron chi connectivity index (χ3n) is 3.66. The van der Waals surface area contributed by atoms with Crippen LogP contribution in [0.15, 0.2) is 24.3 Å². The topological polar surface area (TPSA) is 70.6 Å². The number of hydrogen-bond donors (Lipinski definition) is 3. The zero-order valence-corrected chi connectivity index (χ0v) is 12.9. The lowest BCUT2D eigenvalue weighted by molar-refractivity contribution is 0.0517. The van der Waals surface area contributed by atoms with Crippen LogP contribution in [0.25, 0.3) is 0 Å². The molecule has 0 aromatic heterocycles. The molecule has 21 heavy (non-hydrogen) atoms. The van der Waals surface area contributed by atoms with Crippen LogP contribution in [-0.4, -0.2) is 29.9 Å². The zero-order chi connectivity index (χ0) is 15.5. The van der Waals surface area contributed by atoms with E-state index in [4.69, 9.17) is 4.74 Å². The maximum atomic E-state index is 11.6. The van der Waals surface area contributed by atoms with Crippen LogP contribution < -0.4 is 10.6 Å². The molecule has 3 N–H and O–H groups in total. The minimum atomic E-state index is -0.479. The highest BCUT2D eigenvalue weighted by Crippen LogP contribution is 2.35. The van der Waals surface area contributed by atoms with Gasteiger partial charge in [0.2, 0.25) is 0 Å². The average molecular weight is 292 g/mol. The Labute approximate surface area is 125 Å². The predicted molar refractivity (Wildman–Crippen MR) is 81.3 cm³/mol. The van der Waals surface area contributed by atoms with Crippen LogP contribution >= 0.6 is 0 Å².